The highest BCUT2D eigenvalue weighted by Gasteiger charge is 2.17. The van der Waals surface area contributed by atoms with E-state index >= 15 is 0 Å². The number of rotatable bonds is 9. The van der Waals surface area contributed by atoms with Gasteiger partial charge in [0.05, 0.1) is 6.61 Å². The first kappa shape index (κ1) is 14.3. The molecule has 1 unspecified atom stereocenters. The van der Waals surface area contributed by atoms with Gasteiger partial charge >= 0.3 is 0 Å². The molecule has 1 fully saturated rings. The highest BCUT2D eigenvalue weighted by atomic mass is 32.2. The zero-order chi connectivity index (χ0) is 11.6. The van der Waals surface area contributed by atoms with Crippen LogP contribution in [-0.2, 0) is 0 Å². The van der Waals surface area contributed by atoms with Gasteiger partial charge < -0.3 is 10.4 Å². The van der Waals surface area contributed by atoms with Crippen molar-refractivity contribution in [3.63, 3.8) is 0 Å². The first-order chi connectivity index (χ1) is 7.86. The molecule has 0 spiro atoms. The Balaban J connectivity index is 2.12. The fourth-order valence-electron chi connectivity index (χ4n) is 2.24. The third kappa shape index (κ3) is 6.09. The van der Waals surface area contributed by atoms with Crippen molar-refractivity contribution in [3.05, 3.63) is 0 Å². The van der Waals surface area contributed by atoms with Gasteiger partial charge in [0.2, 0.25) is 0 Å². The standard InChI is InChI=1S/C12H26N2OS/c1-16-10-3-2-7-14(8-9-15)11-12-5-4-6-13-12/h12-13,15H,2-11H2,1H3. The molecule has 0 amide bonds. The zero-order valence-corrected chi connectivity index (χ0v) is 11.3. The first-order valence-corrected chi connectivity index (χ1v) is 7.81. The van der Waals surface area contributed by atoms with Crippen LogP contribution in [0.2, 0.25) is 0 Å². The van der Waals surface area contributed by atoms with Gasteiger partial charge in [-0.2, -0.15) is 11.8 Å². The number of hydrogen-bond donors (Lipinski definition) is 2. The maximum Gasteiger partial charge on any atom is 0.0558 e. The molecule has 0 aromatic rings. The van der Waals surface area contributed by atoms with Crippen molar-refractivity contribution in [2.75, 3.05) is 44.8 Å². The molecule has 1 atom stereocenters. The predicted octanol–water partition coefficient (Wildman–Crippen LogP) is 1.18. The van der Waals surface area contributed by atoms with Crippen LogP contribution in [0.4, 0.5) is 0 Å². The Hall–Kier alpha value is 0.230. The van der Waals surface area contributed by atoms with Crippen LogP contribution in [-0.4, -0.2) is 60.8 Å². The summed E-state index contributed by atoms with van der Waals surface area (Å²) in [4.78, 5) is 2.41. The topological polar surface area (TPSA) is 35.5 Å². The molecule has 0 aromatic carbocycles. The Morgan fingerprint density at radius 1 is 1.38 bits per heavy atom. The molecule has 4 heteroatoms. The minimum atomic E-state index is 0.287. The minimum Gasteiger partial charge on any atom is -0.395 e. The van der Waals surface area contributed by atoms with Crippen molar-refractivity contribution in [2.45, 2.75) is 31.7 Å². The van der Waals surface area contributed by atoms with Gasteiger partial charge in [-0.05, 0) is 50.8 Å². The van der Waals surface area contributed by atoms with E-state index in [1.807, 2.05) is 11.8 Å². The molecule has 1 heterocycles. The molecule has 0 radical (unpaired) electrons. The summed E-state index contributed by atoms with van der Waals surface area (Å²) in [6, 6.07) is 0.659. The van der Waals surface area contributed by atoms with E-state index in [4.69, 9.17) is 5.11 Å². The summed E-state index contributed by atoms with van der Waals surface area (Å²) in [6.45, 7) is 4.54. The summed E-state index contributed by atoms with van der Waals surface area (Å²) in [5.41, 5.74) is 0. The molecule has 1 rings (SSSR count). The van der Waals surface area contributed by atoms with Gasteiger partial charge in [-0.3, -0.25) is 4.90 Å². The van der Waals surface area contributed by atoms with E-state index in [9.17, 15) is 0 Å². The van der Waals surface area contributed by atoms with E-state index in [1.54, 1.807) is 0 Å². The van der Waals surface area contributed by atoms with Gasteiger partial charge in [0.15, 0.2) is 0 Å². The van der Waals surface area contributed by atoms with E-state index in [0.29, 0.717) is 6.04 Å². The van der Waals surface area contributed by atoms with Gasteiger partial charge in [-0.1, -0.05) is 0 Å². The molecule has 1 aliphatic heterocycles. The lowest BCUT2D eigenvalue weighted by atomic mass is 10.2. The quantitative estimate of drug-likeness (QED) is 0.599. The number of aliphatic hydroxyl groups excluding tert-OH is 1. The summed E-state index contributed by atoms with van der Waals surface area (Å²) in [5.74, 6) is 1.26. The Labute approximate surface area is 104 Å². The van der Waals surface area contributed by atoms with Gasteiger partial charge in [0, 0.05) is 19.1 Å². The molecule has 3 nitrogen and oxygen atoms in total. The van der Waals surface area contributed by atoms with E-state index in [0.717, 1.165) is 19.6 Å². The number of unbranched alkanes of at least 4 members (excludes halogenated alkanes) is 1. The zero-order valence-electron chi connectivity index (χ0n) is 10.5. The predicted molar refractivity (Wildman–Crippen MR) is 72.2 cm³/mol. The smallest absolute Gasteiger partial charge is 0.0558 e. The maximum absolute atomic E-state index is 9.05. The number of nitrogens with zero attached hydrogens (tertiary/aromatic N) is 1. The third-order valence-electron chi connectivity index (χ3n) is 3.13. The molecule has 0 aromatic heterocycles. The minimum absolute atomic E-state index is 0.287. The highest BCUT2D eigenvalue weighted by Crippen LogP contribution is 2.08. The molecular formula is C12H26N2OS. The molecule has 0 saturated carbocycles. The lowest BCUT2D eigenvalue weighted by Crippen LogP contribution is -2.39. The van der Waals surface area contributed by atoms with Gasteiger partial charge in [0.25, 0.3) is 0 Å². The number of hydrogen-bond acceptors (Lipinski definition) is 4. The molecule has 1 aliphatic rings. The molecule has 0 bridgehead atoms. The number of thioether (sulfide) groups is 1. The average molecular weight is 246 g/mol. The third-order valence-corrected chi connectivity index (χ3v) is 3.83. The van der Waals surface area contributed by atoms with Gasteiger partial charge in [0.1, 0.15) is 0 Å². The molecule has 2 N–H and O–H groups in total. The van der Waals surface area contributed by atoms with Crippen molar-refractivity contribution in [2.24, 2.45) is 0 Å². The van der Waals surface area contributed by atoms with Crippen LogP contribution in [0.15, 0.2) is 0 Å². The summed E-state index contributed by atoms with van der Waals surface area (Å²) in [6.07, 6.45) is 7.32. The maximum atomic E-state index is 9.05. The van der Waals surface area contributed by atoms with Crippen molar-refractivity contribution in [1.29, 1.82) is 0 Å². The SMILES string of the molecule is CSCCCCN(CCO)CC1CCCN1. The van der Waals surface area contributed by atoms with Crippen LogP contribution in [0.5, 0.6) is 0 Å². The van der Waals surface area contributed by atoms with Crippen LogP contribution >= 0.6 is 11.8 Å². The second kappa shape index (κ2) is 9.28. The first-order valence-electron chi connectivity index (χ1n) is 6.42. The summed E-state index contributed by atoms with van der Waals surface area (Å²) >= 11 is 1.92. The van der Waals surface area contributed by atoms with E-state index in [2.05, 4.69) is 16.5 Å². The number of aliphatic hydroxyl groups is 1. The molecule has 1 saturated heterocycles. The lowest BCUT2D eigenvalue weighted by molar-refractivity contribution is 0.183. The fourth-order valence-corrected chi connectivity index (χ4v) is 2.73. The fraction of sp³-hybridized carbons (Fsp3) is 1.00. The van der Waals surface area contributed by atoms with Crippen LogP contribution < -0.4 is 5.32 Å². The number of nitrogens with one attached hydrogen (secondary N) is 1. The van der Waals surface area contributed by atoms with Crippen LogP contribution in [0.3, 0.4) is 0 Å². The molecule has 16 heavy (non-hydrogen) atoms. The van der Waals surface area contributed by atoms with Crippen molar-refractivity contribution in [1.82, 2.24) is 10.2 Å². The average Bonchev–Trinajstić information content (AvgIpc) is 2.77. The van der Waals surface area contributed by atoms with Crippen molar-refractivity contribution >= 4 is 11.8 Å². The van der Waals surface area contributed by atoms with E-state index in [-0.39, 0.29) is 6.61 Å². The Bertz CT molecular complexity index is 163. The van der Waals surface area contributed by atoms with E-state index in [1.165, 1.54) is 38.0 Å². The Morgan fingerprint density at radius 2 is 2.25 bits per heavy atom. The Kier molecular flexibility index (Phi) is 8.29. The second-order valence-electron chi connectivity index (χ2n) is 4.52. The monoisotopic (exact) mass is 246 g/mol. The van der Waals surface area contributed by atoms with Crippen LogP contribution in [0, 0.1) is 0 Å². The highest BCUT2D eigenvalue weighted by molar-refractivity contribution is 7.98. The molecule has 96 valence electrons. The summed E-state index contributed by atoms with van der Waals surface area (Å²) < 4.78 is 0. The van der Waals surface area contributed by atoms with Crippen LogP contribution in [0.25, 0.3) is 0 Å². The second-order valence-corrected chi connectivity index (χ2v) is 5.50. The largest absolute Gasteiger partial charge is 0.395 e. The normalized spacial score (nSPS) is 20.8. The van der Waals surface area contributed by atoms with Gasteiger partial charge in [-0.15, -0.1) is 0 Å². The van der Waals surface area contributed by atoms with Gasteiger partial charge in [-0.25, -0.2) is 0 Å². The Morgan fingerprint density at radius 3 is 2.88 bits per heavy atom. The van der Waals surface area contributed by atoms with Crippen molar-refractivity contribution < 1.29 is 5.11 Å². The lowest BCUT2D eigenvalue weighted by Gasteiger charge is -2.24. The van der Waals surface area contributed by atoms with E-state index < -0.39 is 0 Å². The molecular weight excluding hydrogens is 220 g/mol. The summed E-state index contributed by atoms with van der Waals surface area (Å²) in [5, 5.41) is 12.6. The van der Waals surface area contributed by atoms with Crippen LogP contribution in [0.1, 0.15) is 25.7 Å². The molecule has 0 aliphatic carbocycles. The van der Waals surface area contributed by atoms with Crippen molar-refractivity contribution in [3.8, 4) is 0 Å². The summed E-state index contributed by atoms with van der Waals surface area (Å²) in [7, 11) is 0.